The van der Waals surface area contributed by atoms with Gasteiger partial charge < -0.3 is 5.11 Å². The van der Waals surface area contributed by atoms with Crippen LogP contribution in [-0.2, 0) is 9.59 Å². The first-order chi connectivity index (χ1) is 6.37. The van der Waals surface area contributed by atoms with Gasteiger partial charge in [-0.1, -0.05) is 13.8 Å². The van der Waals surface area contributed by atoms with Crippen LogP contribution in [0.25, 0.3) is 0 Å². The summed E-state index contributed by atoms with van der Waals surface area (Å²) >= 11 is 5.37. The van der Waals surface area contributed by atoms with Crippen LogP contribution in [0.2, 0.25) is 0 Å². The van der Waals surface area contributed by atoms with Gasteiger partial charge in [-0.15, -0.1) is 11.6 Å². The van der Waals surface area contributed by atoms with Crippen molar-refractivity contribution in [1.29, 1.82) is 0 Å². The Morgan fingerprint density at radius 2 is 1.79 bits per heavy atom. The minimum absolute atomic E-state index is 0.0978. The minimum Gasteiger partial charge on any atom is -0.510 e. The fourth-order valence-electron chi connectivity index (χ4n) is 1.65. The van der Waals surface area contributed by atoms with Crippen molar-refractivity contribution in [2.75, 3.05) is 5.88 Å². The van der Waals surface area contributed by atoms with Crippen LogP contribution in [-0.4, -0.2) is 22.6 Å². The summed E-state index contributed by atoms with van der Waals surface area (Å²) in [5.74, 6) is -1.08. The van der Waals surface area contributed by atoms with Gasteiger partial charge in [0.05, 0.1) is 11.5 Å². The molecule has 0 radical (unpaired) electrons. The molecular weight excluding hydrogens is 204 g/mol. The number of aliphatic hydroxyl groups excluding tert-OH is 1. The standard InChI is InChI=1S/C10H13ClO3/c1-10(2)3-6(12)9(7(13)4-10)8(14)5-11/h14H,3-5H2,1-2H3. The van der Waals surface area contributed by atoms with E-state index in [9.17, 15) is 14.7 Å². The lowest BCUT2D eigenvalue weighted by atomic mass is 9.74. The molecule has 14 heavy (non-hydrogen) atoms. The van der Waals surface area contributed by atoms with Crippen molar-refractivity contribution in [2.24, 2.45) is 5.41 Å². The second kappa shape index (κ2) is 3.73. The minimum atomic E-state index is -0.301. The highest BCUT2D eigenvalue weighted by Crippen LogP contribution is 2.34. The number of alkyl halides is 1. The predicted molar refractivity (Wildman–Crippen MR) is 53.4 cm³/mol. The topological polar surface area (TPSA) is 54.4 Å². The van der Waals surface area contributed by atoms with Crippen LogP contribution in [0.3, 0.4) is 0 Å². The molecular formula is C10H13ClO3. The molecule has 0 spiro atoms. The summed E-state index contributed by atoms with van der Waals surface area (Å²) in [7, 11) is 0. The Morgan fingerprint density at radius 3 is 2.14 bits per heavy atom. The largest absolute Gasteiger partial charge is 0.510 e. The van der Waals surface area contributed by atoms with Crippen LogP contribution in [0, 0.1) is 5.41 Å². The van der Waals surface area contributed by atoms with Gasteiger partial charge in [0.25, 0.3) is 0 Å². The molecule has 0 aromatic heterocycles. The number of carbonyl (C=O) groups is 2. The van der Waals surface area contributed by atoms with E-state index in [0.717, 1.165) is 0 Å². The van der Waals surface area contributed by atoms with Gasteiger partial charge in [0.15, 0.2) is 11.6 Å². The maximum Gasteiger partial charge on any atom is 0.170 e. The summed E-state index contributed by atoms with van der Waals surface area (Å²) in [5, 5.41) is 9.30. The van der Waals surface area contributed by atoms with Gasteiger partial charge in [-0.3, -0.25) is 9.59 Å². The van der Waals surface area contributed by atoms with Crippen molar-refractivity contribution >= 4 is 23.2 Å². The molecule has 1 aliphatic carbocycles. The Morgan fingerprint density at radius 1 is 1.36 bits per heavy atom. The van der Waals surface area contributed by atoms with Crippen LogP contribution in [0.5, 0.6) is 0 Å². The van der Waals surface area contributed by atoms with Gasteiger partial charge in [-0.25, -0.2) is 0 Å². The van der Waals surface area contributed by atoms with E-state index < -0.39 is 0 Å². The average molecular weight is 217 g/mol. The van der Waals surface area contributed by atoms with Crippen molar-refractivity contribution in [2.45, 2.75) is 26.7 Å². The summed E-state index contributed by atoms with van der Waals surface area (Å²) in [4.78, 5) is 23.0. The highest BCUT2D eigenvalue weighted by Gasteiger charge is 2.37. The summed E-state index contributed by atoms with van der Waals surface area (Å²) in [6.45, 7) is 3.72. The first-order valence-corrected chi connectivity index (χ1v) is 4.95. The zero-order valence-corrected chi connectivity index (χ0v) is 9.02. The molecule has 0 aromatic rings. The number of halogens is 1. The molecule has 0 heterocycles. The van der Waals surface area contributed by atoms with Crippen molar-refractivity contribution in [3.63, 3.8) is 0 Å². The molecule has 0 aromatic carbocycles. The number of Topliss-reactive ketones (excluding diaryl/α,β-unsaturated/α-hetero) is 2. The summed E-state index contributed by atoms with van der Waals surface area (Å²) in [6.07, 6.45) is 0.573. The van der Waals surface area contributed by atoms with Gasteiger partial charge >= 0.3 is 0 Å². The number of hydrogen-bond donors (Lipinski definition) is 1. The maximum atomic E-state index is 11.5. The molecule has 1 N–H and O–H groups in total. The van der Waals surface area contributed by atoms with Gasteiger partial charge in [0.1, 0.15) is 5.76 Å². The van der Waals surface area contributed by atoms with E-state index in [1.165, 1.54) is 0 Å². The second-order valence-electron chi connectivity index (χ2n) is 4.32. The summed E-state index contributed by atoms with van der Waals surface area (Å²) in [5.41, 5.74) is -0.399. The average Bonchev–Trinajstić information content (AvgIpc) is 1.99. The maximum absolute atomic E-state index is 11.5. The van der Waals surface area contributed by atoms with E-state index in [4.69, 9.17) is 11.6 Å². The van der Waals surface area contributed by atoms with E-state index in [1.807, 2.05) is 13.8 Å². The van der Waals surface area contributed by atoms with Gasteiger partial charge in [0, 0.05) is 12.8 Å². The normalized spacial score (nSPS) is 21.2. The van der Waals surface area contributed by atoms with E-state index in [0.29, 0.717) is 0 Å². The van der Waals surface area contributed by atoms with Crippen LogP contribution in [0.15, 0.2) is 11.3 Å². The number of aliphatic hydroxyl groups is 1. The monoisotopic (exact) mass is 216 g/mol. The highest BCUT2D eigenvalue weighted by atomic mass is 35.5. The van der Waals surface area contributed by atoms with E-state index in [-0.39, 0.29) is 47.0 Å². The van der Waals surface area contributed by atoms with Gasteiger partial charge in [-0.05, 0) is 5.41 Å². The van der Waals surface area contributed by atoms with Gasteiger partial charge in [0.2, 0.25) is 0 Å². The van der Waals surface area contributed by atoms with Crippen LogP contribution in [0.1, 0.15) is 26.7 Å². The molecule has 1 rings (SSSR count). The molecule has 0 saturated heterocycles. The highest BCUT2D eigenvalue weighted by molar-refractivity contribution is 6.25. The van der Waals surface area contributed by atoms with Crippen molar-refractivity contribution in [3.8, 4) is 0 Å². The lowest BCUT2D eigenvalue weighted by Gasteiger charge is -2.28. The lowest BCUT2D eigenvalue weighted by molar-refractivity contribution is -0.127. The third kappa shape index (κ3) is 2.15. The van der Waals surface area contributed by atoms with Gasteiger partial charge in [-0.2, -0.15) is 0 Å². The molecule has 1 saturated carbocycles. The molecule has 1 fully saturated rings. The molecule has 78 valence electrons. The first kappa shape index (κ1) is 11.2. The number of ketones is 2. The first-order valence-electron chi connectivity index (χ1n) is 4.42. The molecule has 1 aliphatic rings. The number of hydrogen-bond acceptors (Lipinski definition) is 3. The third-order valence-electron chi connectivity index (χ3n) is 2.25. The van der Waals surface area contributed by atoms with Crippen LogP contribution >= 0.6 is 11.6 Å². The Hall–Kier alpha value is -0.830. The Balaban J connectivity index is 3.04. The molecule has 0 unspecified atom stereocenters. The second-order valence-corrected chi connectivity index (χ2v) is 4.59. The molecule has 0 bridgehead atoms. The van der Waals surface area contributed by atoms with E-state index in [2.05, 4.69) is 0 Å². The molecule has 0 aliphatic heterocycles. The van der Waals surface area contributed by atoms with Crippen LogP contribution in [0.4, 0.5) is 0 Å². The molecule has 0 amide bonds. The Bertz CT molecular complexity index is 293. The fourth-order valence-corrected chi connectivity index (χ4v) is 1.79. The third-order valence-corrected chi connectivity index (χ3v) is 2.50. The molecule has 4 heteroatoms. The Kier molecular flexibility index (Phi) is 3.00. The van der Waals surface area contributed by atoms with Crippen molar-refractivity contribution in [3.05, 3.63) is 11.3 Å². The van der Waals surface area contributed by atoms with Crippen molar-refractivity contribution < 1.29 is 14.7 Å². The number of rotatable bonds is 1. The smallest absolute Gasteiger partial charge is 0.170 e. The fraction of sp³-hybridized carbons (Fsp3) is 0.600. The number of carbonyl (C=O) groups excluding carboxylic acids is 2. The molecule has 3 nitrogen and oxygen atoms in total. The van der Waals surface area contributed by atoms with E-state index >= 15 is 0 Å². The van der Waals surface area contributed by atoms with Crippen LogP contribution < -0.4 is 0 Å². The Labute approximate surface area is 87.7 Å². The quantitative estimate of drug-likeness (QED) is 0.316. The molecule has 0 atom stereocenters. The predicted octanol–water partition coefficient (Wildman–Crippen LogP) is 2.00. The zero-order chi connectivity index (χ0) is 10.9. The lowest BCUT2D eigenvalue weighted by Crippen LogP contribution is -2.32. The zero-order valence-electron chi connectivity index (χ0n) is 8.26. The summed E-state index contributed by atoms with van der Waals surface area (Å²) in [6, 6.07) is 0. The van der Waals surface area contributed by atoms with Crippen molar-refractivity contribution in [1.82, 2.24) is 0 Å². The number of allylic oxidation sites excluding steroid dienone is 2. The SMILES string of the molecule is CC1(C)CC(=O)C(=C(O)CCl)C(=O)C1. The summed E-state index contributed by atoms with van der Waals surface area (Å²) < 4.78 is 0. The van der Waals surface area contributed by atoms with E-state index in [1.54, 1.807) is 0 Å².